The van der Waals surface area contributed by atoms with Gasteiger partial charge in [0.1, 0.15) is 0 Å². The van der Waals surface area contributed by atoms with Crippen molar-refractivity contribution in [2.24, 2.45) is 5.92 Å². The van der Waals surface area contributed by atoms with Gasteiger partial charge in [0.2, 0.25) is 5.91 Å². The first kappa shape index (κ1) is 14.1. The molecule has 0 radical (unpaired) electrons. The van der Waals surface area contributed by atoms with Gasteiger partial charge in [0, 0.05) is 43.8 Å². The van der Waals surface area contributed by atoms with Crippen molar-refractivity contribution in [1.29, 1.82) is 0 Å². The van der Waals surface area contributed by atoms with Crippen molar-refractivity contribution >= 4 is 30.1 Å². The van der Waals surface area contributed by atoms with Gasteiger partial charge in [0.15, 0.2) is 0 Å². The van der Waals surface area contributed by atoms with Gasteiger partial charge in [-0.05, 0) is 6.42 Å². The van der Waals surface area contributed by atoms with Gasteiger partial charge in [-0.3, -0.25) is 4.79 Å². The Morgan fingerprint density at radius 3 is 2.81 bits per heavy atom. The molecule has 0 aromatic carbocycles. The minimum Gasteiger partial charge on any atom is -0.396 e. The highest BCUT2D eigenvalue weighted by Crippen LogP contribution is 2.21. The van der Waals surface area contributed by atoms with Crippen LogP contribution >= 0.6 is 24.2 Å². The highest BCUT2D eigenvalue weighted by atomic mass is 35.5. The van der Waals surface area contributed by atoms with Crippen molar-refractivity contribution in [3.05, 3.63) is 0 Å². The topological polar surface area (TPSA) is 52.6 Å². The molecule has 1 unspecified atom stereocenters. The molecule has 1 amide bonds. The summed E-state index contributed by atoms with van der Waals surface area (Å²) in [6.45, 7) is 2.69. The predicted octanol–water partition coefficient (Wildman–Crippen LogP) is -0.0460. The zero-order chi connectivity index (χ0) is 10.7. The maximum absolute atomic E-state index is 12.1. The van der Waals surface area contributed by atoms with Gasteiger partial charge < -0.3 is 15.3 Å². The van der Waals surface area contributed by atoms with Crippen LogP contribution in [0.25, 0.3) is 0 Å². The average Bonchev–Trinajstić information content (AvgIpc) is 2.16. The maximum atomic E-state index is 12.1. The summed E-state index contributed by atoms with van der Waals surface area (Å²) in [5.41, 5.74) is 0. The van der Waals surface area contributed by atoms with E-state index in [1.165, 1.54) is 0 Å². The smallest absolute Gasteiger partial charge is 0.228 e. The molecular weight excluding hydrogens is 248 g/mol. The van der Waals surface area contributed by atoms with E-state index in [9.17, 15) is 4.79 Å². The minimum atomic E-state index is 0. The number of nitrogens with zero attached hydrogens (tertiary/aromatic N) is 1. The molecule has 2 aliphatic heterocycles. The molecule has 2 heterocycles. The number of carbonyl (C=O) groups is 1. The van der Waals surface area contributed by atoms with Crippen molar-refractivity contribution < 1.29 is 9.90 Å². The largest absolute Gasteiger partial charge is 0.396 e. The quantitative estimate of drug-likeness (QED) is 0.752. The van der Waals surface area contributed by atoms with E-state index < -0.39 is 0 Å². The Hall–Kier alpha value is 0.0300. The number of hydrogen-bond donors (Lipinski definition) is 2. The van der Waals surface area contributed by atoms with Gasteiger partial charge >= 0.3 is 0 Å². The Balaban J connectivity index is 0.00000128. The fraction of sp³-hybridized carbons (Fsp3) is 0.900. The van der Waals surface area contributed by atoms with Gasteiger partial charge in [0.05, 0.1) is 5.92 Å². The molecule has 0 aliphatic carbocycles. The van der Waals surface area contributed by atoms with E-state index in [0.717, 1.165) is 37.6 Å². The first-order valence-electron chi connectivity index (χ1n) is 5.52. The van der Waals surface area contributed by atoms with Crippen LogP contribution in [0.3, 0.4) is 0 Å². The van der Waals surface area contributed by atoms with Crippen LogP contribution in [0, 0.1) is 5.92 Å². The van der Waals surface area contributed by atoms with Crippen LogP contribution in [0.1, 0.15) is 6.42 Å². The molecule has 0 aromatic rings. The Morgan fingerprint density at radius 2 is 2.25 bits per heavy atom. The SMILES string of the molecule is Cl.O=C(C1CNC1)N1CCSCC1CCO. The van der Waals surface area contributed by atoms with Crippen LogP contribution in [0.2, 0.25) is 0 Å². The number of amides is 1. The molecule has 6 heteroatoms. The predicted molar refractivity (Wildman–Crippen MR) is 68.1 cm³/mol. The van der Waals surface area contributed by atoms with Crippen molar-refractivity contribution in [1.82, 2.24) is 10.2 Å². The summed E-state index contributed by atoms with van der Waals surface area (Å²) in [6.07, 6.45) is 0.721. The summed E-state index contributed by atoms with van der Waals surface area (Å²) < 4.78 is 0. The van der Waals surface area contributed by atoms with E-state index in [2.05, 4.69) is 5.32 Å². The third-order valence-corrected chi connectivity index (χ3v) is 4.20. The number of halogens is 1. The molecule has 2 N–H and O–H groups in total. The highest BCUT2D eigenvalue weighted by molar-refractivity contribution is 7.99. The van der Waals surface area contributed by atoms with E-state index in [-0.39, 0.29) is 36.9 Å². The number of hydrogen-bond acceptors (Lipinski definition) is 4. The number of nitrogens with one attached hydrogen (secondary N) is 1. The van der Waals surface area contributed by atoms with Crippen LogP contribution in [-0.4, -0.2) is 59.7 Å². The van der Waals surface area contributed by atoms with E-state index in [4.69, 9.17) is 5.11 Å². The average molecular weight is 267 g/mol. The second-order valence-electron chi connectivity index (χ2n) is 4.13. The zero-order valence-corrected chi connectivity index (χ0v) is 10.9. The standard InChI is InChI=1S/C10H18N2O2S.ClH/c13-3-1-9-7-15-4-2-12(9)10(14)8-5-11-6-8;/h8-9,11,13H,1-7H2;1H. The molecule has 0 spiro atoms. The number of thioether (sulfide) groups is 1. The van der Waals surface area contributed by atoms with Gasteiger partial charge in [-0.15, -0.1) is 12.4 Å². The first-order chi connectivity index (χ1) is 7.33. The Morgan fingerprint density at radius 1 is 1.50 bits per heavy atom. The summed E-state index contributed by atoms with van der Waals surface area (Å²) in [5, 5.41) is 12.1. The first-order valence-corrected chi connectivity index (χ1v) is 6.68. The lowest BCUT2D eigenvalue weighted by Crippen LogP contribution is -2.56. The lowest BCUT2D eigenvalue weighted by atomic mass is 10.0. The van der Waals surface area contributed by atoms with Gasteiger partial charge in [-0.2, -0.15) is 11.8 Å². The van der Waals surface area contributed by atoms with Crippen LogP contribution in [0.5, 0.6) is 0 Å². The van der Waals surface area contributed by atoms with Gasteiger partial charge in [-0.1, -0.05) is 0 Å². The lowest BCUT2D eigenvalue weighted by molar-refractivity contribution is -0.139. The van der Waals surface area contributed by atoms with Crippen molar-refractivity contribution in [3.63, 3.8) is 0 Å². The monoisotopic (exact) mass is 266 g/mol. The fourth-order valence-electron chi connectivity index (χ4n) is 2.03. The van der Waals surface area contributed by atoms with Crippen molar-refractivity contribution in [2.45, 2.75) is 12.5 Å². The molecule has 0 saturated carbocycles. The Kier molecular flexibility index (Phi) is 5.89. The molecule has 0 bridgehead atoms. The van der Waals surface area contributed by atoms with Crippen LogP contribution in [0.4, 0.5) is 0 Å². The molecule has 4 nitrogen and oxygen atoms in total. The van der Waals surface area contributed by atoms with Crippen molar-refractivity contribution in [3.8, 4) is 0 Å². The zero-order valence-electron chi connectivity index (χ0n) is 9.22. The summed E-state index contributed by atoms with van der Waals surface area (Å²) in [5.74, 6) is 2.49. The third kappa shape index (κ3) is 3.03. The maximum Gasteiger partial charge on any atom is 0.228 e. The normalized spacial score (nSPS) is 25.8. The van der Waals surface area contributed by atoms with Gasteiger partial charge in [-0.25, -0.2) is 0 Å². The van der Waals surface area contributed by atoms with Gasteiger partial charge in [0.25, 0.3) is 0 Å². The third-order valence-electron chi connectivity index (χ3n) is 3.10. The van der Waals surface area contributed by atoms with Crippen LogP contribution < -0.4 is 5.32 Å². The van der Waals surface area contributed by atoms with E-state index in [1.807, 2.05) is 16.7 Å². The van der Waals surface area contributed by atoms with E-state index in [1.54, 1.807) is 0 Å². The van der Waals surface area contributed by atoms with Crippen molar-refractivity contribution in [2.75, 3.05) is 37.7 Å². The highest BCUT2D eigenvalue weighted by Gasteiger charge is 2.34. The molecular formula is C10H19ClN2O2S. The fourth-order valence-corrected chi connectivity index (χ4v) is 3.14. The molecule has 1 atom stereocenters. The van der Waals surface area contributed by atoms with Crippen LogP contribution in [-0.2, 0) is 4.79 Å². The molecule has 2 fully saturated rings. The summed E-state index contributed by atoms with van der Waals surface area (Å²) in [7, 11) is 0. The molecule has 2 saturated heterocycles. The molecule has 2 rings (SSSR count). The Labute approximate surface area is 107 Å². The summed E-state index contributed by atoms with van der Waals surface area (Å²) in [4.78, 5) is 14.0. The van der Waals surface area contributed by atoms with E-state index in [0.29, 0.717) is 0 Å². The second kappa shape index (κ2) is 6.69. The number of aliphatic hydroxyl groups excluding tert-OH is 1. The molecule has 2 aliphatic rings. The van der Waals surface area contributed by atoms with Crippen LogP contribution in [0.15, 0.2) is 0 Å². The lowest BCUT2D eigenvalue weighted by Gasteiger charge is -2.39. The second-order valence-corrected chi connectivity index (χ2v) is 5.28. The minimum absolute atomic E-state index is 0. The summed E-state index contributed by atoms with van der Waals surface area (Å²) in [6, 6.07) is 0.252. The molecule has 94 valence electrons. The number of carbonyl (C=O) groups excluding carboxylic acids is 1. The number of rotatable bonds is 3. The molecule has 16 heavy (non-hydrogen) atoms. The molecule has 0 aromatic heterocycles. The number of aliphatic hydroxyl groups is 1. The van der Waals surface area contributed by atoms with E-state index >= 15 is 0 Å². The summed E-state index contributed by atoms with van der Waals surface area (Å²) >= 11 is 1.88. The Bertz CT molecular complexity index is 237.